The Hall–Kier alpha value is -0.340. The summed E-state index contributed by atoms with van der Waals surface area (Å²) in [5, 5.41) is 3.52. The Kier molecular flexibility index (Phi) is 5.68. The van der Waals surface area contributed by atoms with Crippen molar-refractivity contribution in [1.82, 2.24) is 5.32 Å². The Labute approximate surface area is 114 Å². The normalized spacial score (nSPS) is 11.8. The highest BCUT2D eigenvalue weighted by Gasteiger charge is 2.07. The van der Waals surface area contributed by atoms with Crippen molar-refractivity contribution in [2.45, 2.75) is 52.5 Å². The molecule has 0 aliphatic rings. The predicted molar refractivity (Wildman–Crippen MR) is 79.6 cm³/mol. The first-order chi connectivity index (χ1) is 7.88. The molecule has 1 aromatic carbocycles. The summed E-state index contributed by atoms with van der Waals surface area (Å²) >= 11 is 3.58. The highest BCUT2D eigenvalue weighted by molar-refractivity contribution is 9.10. The Morgan fingerprint density at radius 2 is 1.88 bits per heavy atom. The molecule has 0 saturated carbocycles. The fourth-order valence-corrected chi connectivity index (χ4v) is 2.14. The van der Waals surface area contributed by atoms with E-state index in [9.17, 15) is 0 Å². The molecule has 0 spiro atoms. The number of unbranched alkanes of at least 4 members (excludes halogenated alkanes) is 1. The highest BCUT2D eigenvalue weighted by Crippen LogP contribution is 2.18. The molecule has 0 aromatic heterocycles. The summed E-state index contributed by atoms with van der Waals surface area (Å²) in [6.45, 7) is 9.87. The monoisotopic (exact) mass is 297 g/mol. The van der Waals surface area contributed by atoms with Crippen LogP contribution in [0.4, 0.5) is 0 Å². The molecule has 1 nitrogen and oxygen atoms in total. The predicted octanol–water partition coefficient (Wildman–Crippen LogP) is 4.47. The van der Waals surface area contributed by atoms with E-state index in [1.165, 1.54) is 34.9 Å². The van der Waals surface area contributed by atoms with Crippen molar-refractivity contribution in [3.8, 4) is 0 Å². The van der Waals surface area contributed by atoms with E-state index in [2.05, 4.69) is 67.1 Å². The van der Waals surface area contributed by atoms with Crippen molar-refractivity contribution in [3.05, 3.63) is 33.8 Å². The van der Waals surface area contributed by atoms with Gasteiger partial charge in [-0.15, -0.1) is 0 Å². The number of aryl methyl sites for hydroxylation is 2. The van der Waals surface area contributed by atoms with Crippen LogP contribution in [0.5, 0.6) is 0 Å². The Morgan fingerprint density at radius 3 is 2.47 bits per heavy atom. The van der Waals surface area contributed by atoms with Gasteiger partial charge in [-0.05, 0) is 70.7 Å². The molecular formula is C15H24BrN. The van der Waals surface area contributed by atoms with Crippen molar-refractivity contribution in [1.29, 1.82) is 0 Å². The first-order valence-electron chi connectivity index (χ1n) is 6.38. The summed E-state index contributed by atoms with van der Waals surface area (Å²) in [6, 6.07) is 6.66. The van der Waals surface area contributed by atoms with Gasteiger partial charge in [0.2, 0.25) is 0 Å². The quantitative estimate of drug-likeness (QED) is 0.791. The molecule has 96 valence electrons. The molecule has 1 aromatic rings. The van der Waals surface area contributed by atoms with Gasteiger partial charge in [-0.3, -0.25) is 0 Å². The largest absolute Gasteiger partial charge is 0.312 e. The van der Waals surface area contributed by atoms with E-state index in [1.54, 1.807) is 0 Å². The van der Waals surface area contributed by atoms with E-state index in [0.717, 1.165) is 6.54 Å². The lowest BCUT2D eigenvalue weighted by Crippen LogP contribution is -2.36. The standard InChI is InChI=1S/C15H24BrN/c1-12-8-9-13(11-14(12)16)7-5-6-10-17-15(2,3)4/h8-9,11,17H,5-7,10H2,1-4H3. The van der Waals surface area contributed by atoms with Crippen LogP contribution >= 0.6 is 15.9 Å². The van der Waals surface area contributed by atoms with Crippen LogP contribution in [-0.4, -0.2) is 12.1 Å². The van der Waals surface area contributed by atoms with Gasteiger partial charge in [-0.1, -0.05) is 28.1 Å². The van der Waals surface area contributed by atoms with E-state index < -0.39 is 0 Å². The molecule has 0 radical (unpaired) electrons. The fraction of sp³-hybridized carbons (Fsp3) is 0.600. The van der Waals surface area contributed by atoms with Gasteiger partial charge in [0.05, 0.1) is 0 Å². The molecule has 1 rings (SSSR count). The van der Waals surface area contributed by atoms with E-state index in [0.29, 0.717) is 0 Å². The van der Waals surface area contributed by atoms with Crippen LogP contribution in [0, 0.1) is 6.92 Å². The number of hydrogen-bond donors (Lipinski definition) is 1. The van der Waals surface area contributed by atoms with Crippen molar-refractivity contribution in [2.75, 3.05) is 6.54 Å². The molecule has 0 fully saturated rings. The molecule has 1 N–H and O–H groups in total. The van der Waals surface area contributed by atoms with Crippen LogP contribution in [0.2, 0.25) is 0 Å². The molecule has 0 aliphatic carbocycles. The van der Waals surface area contributed by atoms with Gasteiger partial charge in [0.25, 0.3) is 0 Å². The summed E-state index contributed by atoms with van der Waals surface area (Å²) in [4.78, 5) is 0. The van der Waals surface area contributed by atoms with E-state index in [4.69, 9.17) is 0 Å². The van der Waals surface area contributed by atoms with Crippen LogP contribution in [-0.2, 0) is 6.42 Å². The van der Waals surface area contributed by atoms with Gasteiger partial charge < -0.3 is 5.32 Å². The minimum absolute atomic E-state index is 0.243. The van der Waals surface area contributed by atoms with Crippen LogP contribution in [0.1, 0.15) is 44.7 Å². The topological polar surface area (TPSA) is 12.0 Å². The van der Waals surface area contributed by atoms with Crippen LogP contribution in [0.15, 0.2) is 22.7 Å². The SMILES string of the molecule is Cc1ccc(CCCCNC(C)(C)C)cc1Br. The number of nitrogens with one attached hydrogen (secondary N) is 1. The molecule has 0 saturated heterocycles. The Balaban J connectivity index is 2.25. The lowest BCUT2D eigenvalue weighted by Gasteiger charge is -2.20. The summed E-state index contributed by atoms with van der Waals surface area (Å²) in [7, 11) is 0. The highest BCUT2D eigenvalue weighted by atomic mass is 79.9. The molecule has 0 amide bonds. The molecule has 2 heteroatoms. The average molecular weight is 298 g/mol. The zero-order valence-electron chi connectivity index (χ0n) is 11.4. The summed E-state index contributed by atoms with van der Waals surface area (Å²) in [5.74, 6) is 0. The maximum Gasteiger partial charge on any atom is 0.0207 e. The van der Waals surface area contributed by atoms with Crippen molar-refractivity contribution in [3.63, 3.8) is 0 Å². The first kappa shape index (κ1) is 14.7. The van der Waals surface area contributed by atoms with Crippen molar-refractivity contribution >= 4 is 15.9 Å². The number of benzene rings is 1. The van der Waals surface area contributed by atoms with Gasteiger partial charge in [-0.25, -0.2) is 0 Å². The van der Waals surface area contributed by atoms with Gasteiger partial charge in [0.15, 0.2) is 0 Å². The summed E-state index contributed by atoms with van der Waals surface area (Å²) in [6.07, 6.45) is 3.66. The summed E-state index contributed by atoms with van der Waals surface area (Å²) in [5.41, 5.74) is 2.98. The van der Waals surface area contributed by atoms with Crippen LogP contribution < -0.4 is 5.32 Å². The lowest BCUT2D eigenvalue weighted by molar-refractivity contribution is 0.419. The van der Waals surface area contributed by atoms with Gasteiger partial charge in [-0.2, -0.15) is 0 Å². The fourth-order valence-electron chi connectivity index (χ4n) is 1.71. The molecule has 17 heavy (non-hydrogen) atoms. The second-order valence-corrected chi connectivity index (χ2v) is 6.57. The third-order valence-electron chi connectivity index (χ3n) is 2.78. The molecular weight excluding hydrogens is 274 g/mol. The Bertz CT molecular complexity index is 352. The minimum Gasteiger partial charge on any atom is -0.312 e. The van der Waals surface area contributed by atoms with Crippen LogP contribution in [0.3, 0.4) is 0 Å². The molecule has 0 aliphatic heterocycles. The minimum atomic E-state index is 0.243. The molecule has 0 atom stereocenters. The van der Waals surface area contributed by atoms with E-state index in [1.807, 2.05) is 0 Å². The number of halogens is 1. The molecule has 0 unspecified atom stereocenters. The van der Waals surface area contributed by atoms with Gasteiger partial charge in [0.1, 0.15) is 0 Å². The number of rotatable bonds is 5. The van der Waals surface area contributed by atoms with Crippen LogP contribution in [0.25, 0.3) is 0 Å². The molecule has 0 heterocycles. The summed E-state index contributed by atoms with van der Waals surface area (Å²) < 4.78 is 1.22. The van der Waals surface area contributed by atoms with Crippen molar-refractivity contribution in [2.24, 2.45) is 0 Å². The Morgan fingerprint density at radius 1 is 1.18 bits per heavy atom. The zero-order valence-corrected chi connectivity index (χ0v) is 13.0. The molecule has 0 bridgehead atoms. The lowest BCUT2D eigenvalue weighted by atomic mass is 10.1. The second kappa shape index (κ2) is 6.55. The van der Waals surface area contributed by atoms with Gasteiger partial charge in [0, 0.05) is 10.0 Å². The van der Waals surface area contributed by atoms with E-state index in [-0.39, 0.29) is 5.54 Å². The van der Waals surface area contributed by atoms with E-state index >= 15 is 0 Å². The number of hydrogen-bond acceptors (Lipinski definition) is 1. The first-order valence-corrected chi connectivity index (χ1v) is 7.18. The second-order valence-electron chi connectivity index (χ2n) is 5.72. The van der Waals surface area contributed by atoms with Crippen molar-refractivity contribution < 1.29 is 0 Å². The zero-order chi connectivity index (χ0) is 12.9. The average Bonchev–Trinajstić information content (AvgIpc) is 2.21. The maximum atomic E-state index is 3.58. The third-order valence-corrected chi connectivity index (χ3v) is 3.64. The maximum absolute atomic E-state index is 3.58. The smallest absolute Gasteiger partial charge is 0.0207 e. The van der Waals surface area contributed by atoms with Gasteiger partial charge >= 0.3 is 0 Å². The third kappa shape index (κ3) is 6.23.